The van der Waals surface area contributed by atoms with Crippen LogP contribution in [0.5, 0.6) is 5.75 Å². The second-order valence-electron chi connectivity index (χ2n) is 11.6. The predicted molar refractivity (Wildman–Crippen MR) is 159 cm³/mol. The van der Waals surface area contributed by atoms with Crippen molar-refractivity contribution >= 4 is 17.9 Å². The van der Waals surface area contributed by atoms with Crippen molar-refractivity contribution < 1.29 is 24.2 Å². The number of nitrogens with zero attached hydrogens (tertiary/aromatic N) is 1. The van der Waals surface area contributed by atoms with Gasteiger partial charge in [0.25, 0.3) is 0 Å². The Bertz CT molecular complexity index is 1210. The van der Waals surface area contributed by atoms with E-state index >= 15 is 0 Å². The molecule has 2 aromatic carbocycles. The molecule has 0 spiro atoms. The van der Waals surface area contributed by atoms with Gasteiger partial charge < -0.3 is 25.4 Å². The number of hydrogen-bond acceptors (Lipinski definition) is 5. The molecular weight excluding hydrogens is 518 g/mol. The molecule has 220 valence electrons. The van der Waals surface area contributed by atoms with Crippen molar-refractivity contribution in [3.8, 4) is 18.1 Å². The lowest BCUT2D eigenvalue weighted by molar-refractivity contribution is -0.142. The Morgan fingerprint density at radius 1 is 1.05 bits per heavy atom. The fraction of sp³-hybridized carbons (Fsp3) is 0.485. The highest BCUT2D eigenvalue weighted by atomic mass is 16.6. The molecule has 0 bridgehead atoms. The van der Waals surface area contributed by atoms with Gasteiger partial charge in [0.1, 0.15) is 23.4 Å². The van der Waals surface area contributed by atoms with E-state index in [2.05, 4.69) is 16.6 Å². The van der Waals surface area contributed by atoms with E-state index < -0.39 is 29.7 Å². The van der Waals surface area contributed by atoms with Gasteiger partial charge in [0, 0.05) is 24.6 Å². The second-order valence-corrected chi connectivity index (χ2v) is 11.6. The quantitative estimate of drug-likeness (QED) is 0.344. The Morgan fingerprint density at radius 3 is 2.24 bits per heavy atom. The number of carbonyl (C=O) groups is 3. The summed E-state index contributed by atoms with van der Waals surface area (Å²) in [5.41, 5.74) is 1.28. The standard InChI is InChI=1S/C33H43N3O5/c1-6-21-36(29(25-17-13-23(7-2)14-18-25)30(38)34-26-11-9-8-10-12-26)31(39)28(35-32(40)41-33(3,4)5)22-24-15-19-27(37)20-16-24/h2,13-20,26,28-29,37H,6,8-12,21-22H2,1,3-5H3,(H,34,38)(H,35,40). The van der Waals surface area contributed by atoms with E-state index in [1.807, 2.05) is 6.92 Å². The number of hydrogen-bond donors (Lipinski definition) is 3. The summed E-state index contributed by atoms with van der Waals surface area (Å²) in [6.07, 6.45) is 10.6. The Morgan fingerprint density at radius 2 is 1.68 bits per heavy atom. The number of alkyl carbamates (subject to hydrolysis) is 1. The number of nitrogens with one attached hydrogen (secondary N) is 2. The third-order valence-electron chi connectivity index (χ3n) is 7.02. The molecule has 8 heteroatoms. The van der Waals surface area contributed by atoms with E-state index in [1.54, 1.807) is 62.1 Å². The minimum absolute atomic E-state index is 0.0509. The molecule has 2 atom stereocenters. The van der Waals surface area contributed by atoms with Crippen LogP contribution in [-0.2, 0) is 20.7 Å². The summed E-state index contributed by atoms with van der Waals surface area (Å²) in [5, 5.41) is 15.7. The van der Waals surface area contributed by atoms with Crippen molar-refractivity contribution in [3.05, 3.63) is 65.2 Å². The molecule has 8 nitrogen and oxygen atoms in total. The molecule has 3 amide bonds. The normalized spacial score (nSPS) is 15.2. The van der Waals surface area contributed by atoms with E-state index in [1.165, 1.54) is 12.1 Å². The minimum Gasteiger partial charge on any atom is -0.508 e. The van der Waals surface area contributed by atoms with Crippen LogP contribution in [0.25, 0.3) is 0 Å². The van der Waals surface area contributed by atoms with Gasteiger partial charge >= 0.3 is 6.09 Å². The monoisotopic (exact) mass is 561 g/mol. The van der Waals surface area contributed by atoms with Crippen molar-refractivity contribution in [1.82, 2.24) is 15.5 Å². The van der Waals surface area contributed by atoms with Crippen LogP contribution in [0.3, 0.4) is 0 Å². The summed E-state index contributed by atoms with van der Waals surface area (Å²) in [6, 6.07) is 11.7. The molecule has 3 N–H and O–H groups in total. The van der Waals surface area contributed by atoms with Crippen LogP contribution < -0.4 is 10.6 Å². The molecule has 41 heavy (non-hydrogen) atoms. The third kappa shape index (κ3) is 9.56. The zero-order valence-corrected chi connectivity index (χ0v) is 24.6. The summed E-state index contributed by atoms with van der Waals surface area (Å²) < 4.78 is 5.47. The molecule has 0 aliphatic heterocycles. The van der Waals surface area contributed by atoms with Gasteiger partial charge in [0.2, 0.25) is 11.8 Å². The second kappa shape index (κ2) is 14.6. The molecule has 0 radical (unpaired) electrons. The van der Waals surface area contributed by atoms with E-state index in [-0.39, 0.29) is 24.1 Å². The zero-order chi connectivity index (χ0) is 30.0. The van der Waals surface area contributed by atoms with E-state index in [0.717, 1.165) is 37.7 Å². The summed E-state index contributed by atoms with van der Waals surface area (Å²) in [6.45, 7) is 7.48. The number of phenols is 1. The van der Waals surface area contributed by atoms with Crippen molar-refractivity contribution in [1.29, 1.82) is 0 Å². The molecule has 0 saturated heterocycles. The molecule has 2 unspecified atom stereocenters. The number of aromatic hydroxyl groups is 1. The van der Waals surface area contributed by atoms with Gasteiger partial charge in [-0.15, -0.1) is 6.42 Å². The number of phenolic OH excluding ortho intramolecular Hbond substituents is 1. The highest BCUT2D eigenvalue weighted by Gasteiger charge is 2.36. The Kier molecular flexibility index (Phi) is 11.2. The number of benzene rings is 2. The summed E-state index contributed by atoms with van der Waals surface area (Å²) in [7, 11) is 0. The summed E-state index contributed by atoms with van der Waals surface area (Å²) >= 11 is 0. The third-order valence-corrected chi connectivity index (χ3v) is 7.02. The fourth-order valence-corrected chi connectivity index (χ4v) is 5.09. The molecule has 0 heterocycles. The number of ether oxygens (including phenoxy) is 1. The Balaban J connectivity index is 1.99. The van der Waals surface area contributed by atoms with Crippen molar-refractivity contribution in [2.45, 2.75) is 96.4 Å². The summed E-state index contributed by atoms with van der Waals surface area (Å²) in [5.74, 6) is 2.03. The van der Waals surface area contributed by atoms with Crippen molar-refractivity contribution in [3.63, 3.8) is 0 Å². The van der Waals surface area contributed by atoms with Gasteiger partial charge in [0.15, 0.2) is 0 Å². The van der Waals surface area contributed by atoms with Gasteiger partial charge in [0.05, 0.1) is 0 Å². The molecule has 1 aliphatic rings. The van der Waals surface area contributed by atoms with Crippen molar-refractivity contribution in [2.75, 3.05) is 6.54 Å². The average Bonchev–Trinajstić information content (AvgIpc) is 2.93. The van der Waals surface area contributed by atoms with Crippen LogP contribution in [0.1, 0.15) is 89.0 Å². The maximum atomic E-state index is 14.3. The zero-order valence-electron chi connectivity index (χ0n) is 24.6. The topological polar surface area (TPSA) is 108 Å². The first-order valence-electron chi connectivity index (χ1n) is 14.5. The van der Waals surface area contributed by atoms with E-state index in [4.69, 9.17) is 11.2 Å². The fourth-order valence-electron chi connectivity index (χ4n) is 5.09. The van der Waals surface area contributed by atoms with Crippen LogP contribution >= 0.6 is 0 Å². The smallest absolute Gasteiger partial charge is 0.408 e. The van der Waals surface area contributed by atoms with E-state index in [9.17, 15) is 19.5 Å². The minimum atomic E-state index is -1.02. The number of terminal acetylenes is 1. The van der Waals surface area contributed by atoms with Gasteiger partial charge in [-0.25, -0.2) is 4.79 Å². The molecule has 1 saturated carbocycles. The highest BCUT2D eigenvalue weighted by Crippen LogP contribution is 2.26. The Hall–Kier alpha value is -3.99. The molecule has 1 aliphatic carbocycles. The number of amides is 3. The van der Waals surface area contributed by atoms with Crippen LogP contribution in [0.4, 0.5) is 4.79 Å². The van der Waals surface area contributed by atoms with Gasteiger partial charge in [-0.2, -0.15) is 0 Å². The predicted octanol–water partition coefficient (Wildman–Crippen LogP) is 5.24. The van der Waals surface area contributed by atoms with Crippen LogP contribution in [0.15, 0.2) is 48.5 Å². The van der Waals surface area contributed by atoms with Gasteiger partial charge in [-0.3, -0.25) is 9.59 Å². The SMILES string of the molecule is C#Cc1ccc(C(C(=O)NC2CCCCC2)N(CCC)C(=O)C(Cc2ccc(O)cc2)NC(=O)OC(C)(C)C)cc1. The van der Waals surface area contributed by atoms with Crippen LogP contribution in [-0.4, -0.2) is 52.1 Å². The first kappa shape index (κ1) is 31.5. The largest absolute Gasteiger partial charge is 0.508 e. The first-order chi connectivity index (χ1) is 19.5. The molecule has 1 fully saturated rings. The molecule has 3 rings (SSSR count). The lowest BCUT2D eigenvalue weighted by atomic mass is 9.94. The first-order valence-corrected chi connectivity index (χ1v) is 14.5. The lowest BCUT2D eigenvalue weighted by Crippen LogP contribution is -2.54. The average molecular weight is 562 g/mol. The van der Waals surface area contributed by atoms with Crippen LogP contribution in [0, 0.1) is 12.3 Å². The van der Waals surface area contributed by atoms with Crippen LogP contribution in [0.2, 0.25) is 0 Å². The van der Waals surface area contributed by atoms with Gasteiger partial charge in [-0.1, -0.05) is 56.4 Å². The highest BCUT2D eigenvalue weighted by molar-refractivity contribution is 5.92. The molecule has 2 aromatic rings. The molecule has 0 aromatic heterocycles. The molecular formula is C33H43N3O5. The number of rotatable bonds is 10. The van der Waals surface area contributed by atoms with Gasteiger partial charge in [-0.05, 0) is 75.4 Å². The Labute approximate surface area is 243 Å². The maximum Gasteiger partial charge on any atom is 0.408 e. The van der Waals surface area contributed by atoms with Crippen molar-refractivity contribution in [2.24, 2.45) is 0 Å². The summed E-state index contributed by atoms with van der Waals surface area (Å²) in [4.78, 5) is 42.7. The van der Waals surface area contributed by atoms with E-state index in [0.29, 0.717) is 24.1 Å². The maximum absolute atomic E-state index is 14.3. The number of carbonyl (C=O) groups excluding carboxylic acids is 3. The lowest BCUT2D eigenvalue weighted by Gasteiger charge is -2.35.